The monoisotopic (exact) mass is 230 g/mol. The Hall–Kier alpha value is -1.25. The molecule has 0 unspecified atom stereocenters. The summed E-state index contributed by atoms with van der Waals surface area (Å²) in [5, 5.41) is 14.2. The molecule has 2 aromatic heterocycles. The number of primary sulfonamides is 1. The Morgan fingerprint density at radius 1 is 1.50 bits per heavy atom. The molecule has 6 nitrogen and oxygen atoms in total. The van der Waals surface area contributed by atoms with Crippen LogP contribution in [0.3, 0.4) is 0 Å². The van der Waals surface area contributed by atoms with E-state index in [-0.39, 0.29) is 5.16 Å². The average molecular weight is 230 g/mol. The number of aromatic nitrogens is 3. The Balaban J connectivity index is 2.46. The minimum absolute atomic E-state index is 0.321. The third-order valence-corrected chi connectivity index (χ3v) is 2.92. The molecule has 0 saturated heterocycles. The third kappa shape index (κ3) is 1.67. The van der Waals surface area contributed by atoms with Gasteiger partial charge in [0.15, 0.2) is 5.82 Å². The van der Waals surface area contributed by atoms with Gasteiger partial charge in [-0.05, 0) is 11.4 Å². The van der Waals surface area contributed by atoms with E-state index in [9.17, 15) is 8.42 Å². The molecule has 2 rings (SSSR count). The smallest absolute Gasteiger partial charge is 0.248 e. The van der Waals surface area contributed by atoms with Crippen molar-refractivity contribution in [1.82, 2.24) is 15.2 Å². The van der Waals surface area contributed by atoms with Gasteiger partial charge in [-0.1, -0.05) is 0 Å². The summed E-state index contributed by atoms with van der Waals surface area (Å²) in [4.78, 5) is 3.75. The summed E-state index contributed by atoms with van der Waals surface area (Å²) >= 11 is 1.48. The van der Waals surface area contributed by atoms with Gasteiger partial charge in [0, 0.05) is 10.9 Å². The van der Waals surface area contributed by atoms with Crippen molar-refractivity contribution < 1.29 is 8.42 Å². The van der Waals surface area contributed by atoms with Crippen LogP contribution in [0.2, 0.25) is 0 Å². The van der Waals surface area contributed by atoms with Crippen molar-refractivity contribution in [3.8, 4) is 11.4 Å². The Kier molecular flexibility index (Phi) is 2.10. The van der Waals surface area contributed by atoms with E-state index >= 15 is 0 Å². The predicted octanol–water partition coefficient (Wildman–Crippen LogP) is 0.181. The summed E-state index contributed by atoms with van der Waals surface area (Å²) in [5.41, 5.74) is 0.765. The van der Waals surface area contributed by atoms with Crippen LogP contribution in [0.25, 0.3) is 11.4 Å². The highest BCUT2D eigenvalue weighted by molar-refractivity contribution is 7.89. The Morgan fingerprint density at radius 3 is 2.79 bits per heavy atom. The van der Waals surface area contributed by atoms with Gasteiger partial charge < -0.3 is 0 Å². The summed E-state index contributed by atoms with van der Waals surface area (Å²) < 4.78 is 21.7. The van der Waals surface area contributed by atoms with Gasteiger partial charge in [0.05, 0.1) is 0 Å². The van der Waals surface area contributed by atoms with Crippen LogP contribution in [0.15, 0.2) is 22.0 Å². The molecule has 0 aliphatic rings. The molecule has 0 aliphatic carbocycles. The second kappa shape index (κ2) is 3.15. The highest BCUT2D eigenvalue weighted by Gasteiger charge is 2.14. The summed E-state index contributed by atoms with van der Waals surface area (Å²) in [6.07, 6.45) is 0. The topological polar surface area (TPSA) is 102 Å². The average Bonchev–Trinajstić information content (AvgIpc) is 2.73. The molecule has 0 aliphatic heterocycles. The summed E-state index contributed by atoms with van der Waals surface area (Å²) in [7, 11) is -3.80. The van der Waals surface area contributed by atoms with E-state index < -0.39 is 10.0 Å². The van der Waals surface area contributed by atoms with Crippen LogP contribution in [0.1, 0.15) is 0 Å². The molecule has 14 heavy (non-hydrogen) atoms. The SMILES string of the molecule is NS(=O)(=O)c1nc(-c2ccsc2)n[nH]1. The highest BCUT2D eigenvalue weighted by Crippen LogP contribution is 2.18. The number of thiophene rings is 1. The fourth-order valence-corrected chi connectivity index (χ4v) is 1.92. The van der Waals surface area contributed by atoms with Crippen molar-refractivity contribution in [2.24, 2.45) is 5.14 Å². The second-order valence-corrected chi connectivity index (χ2v) is 4.78. The largest absolute Gasteiger partial charge is 0.273 e. The number of nitrogens with one attached hydrogen (secondary N) is 1. The number of sulfonamides is 1. The van der Waals surface area contributed by atoms with Gasteiger partial charge in [0.1, 0.15) is 0 Å². The quantitative estimate of drug-likeness (QED) is 0.768. The van der Waals surface area contributed by atoms with Gasteiger partial charge in [-0.25, -0.2) is 18.7 Å². The van der Waals surface area contributed by atoms with Gasteiger partial charge >= 0.3 is 0 Å². The lowest BCUT2D eigenvalue weighted by Crippen LogP contribution is -2.13. The fraction of sp³-hybridized carbons (Fsp3) is 0. The molecule has 74 valence electrons. The van der Waals surface area contributed by atoms with Crippen LogP contribution < -0.4 is 5.14 Å². The van der Waals surface area contributed by atoms with Gasteiger partial charge in [-0.15, -0.1) is 0 Å². The van der Waals surface area contributed by atoms with E-state index in [0.717, 1.165) is 5.56 Å². The molecule has 2 aromatic rings. The maximum absolute atomic E-state index is 10.9. The van der Waals surface area contributed by atoms with Crippen LogP contribution >= 0.6 is 11.3 Å². The van der Waals surface area contributed by atoms with Crippen molar-refractivity contribution in [3.05, 3.63) is 16.8 Å². The first-order valence-corrected chi connectivity index (χ1v) is 6.04. The van der Waals surface area contributed by atoms with Gasteiger partial charge in [0.2, 0.25) is 0 Å². The standard InChI is InChI=1S/C6H6N4O2S2/c7-14(11,12)6-8-5(9-10-6)4-1-2-13-3-4/h1-3H,(H2,7,11,12)(H,8,9,10). The van der Waals surface area contributed by atoms with Crippen molar-refractivity contribution in [3.63, 3.8) is 0 Å². The van der Waals surface area contributed by atoms with Crippen LogP contribution in [0.4, 0.5) is 0 Å². The van der Waals surface area contributed by atoms with E-state index in [1.165, 1.54) is 11.3 Å². The molecule has 0 aromatic carbocycles. The second-order valence-electron chi connectivity index (χ2n) is 2.52. The molecular weight excluding hydrogens is 224 g/mol. The number of hydrogen-bond acceptors (Lipinski definition) is 5. The summed E-state index contributed by atoms with van der Waals surface area (Å²) in [5.74, 6) is 0.329. The van der Waals surface area contributed by atoms with E-state index in [0.29, 0.717) is 5.82 Å². The number of hydrogen-bond donors (Lipinski definition) is 2. The number of nitrogens with two attached hydrogens (primary N) is 1. The van der Waals surface area contributed by atoms with Crippen molar-refractivity contribution >= 4 is 21.4 Å². The molecule has 0 spiro atoms. The molecule has 0 amide bonds. The predicted molar refractivity (Wildman–Crippen MR) is 51.1 cm³/mol. The number of H-pyrrole nitrogens is 1. The third-order valence-electron chi connectivity index (χ3n) is 1.51. The molecule has 0 saturated carbocycles. The maximum Gasteiger partial charge on any atom is 0.273 e. The zero-order valence-electron chi connectivity index (χ0n) is 6.84. The van der Waals surface area contributed by atoms with Crippen molar-refractivity contribution in [1.29, 1.82) is 0 Å². The lowest BCUT2D eigenvalue weighted by atomic mass is 10.3. The van der Waals surface area contributed by atoms with Crippen LogP contribution in [0, 0.1) is 0 Å². The van der Waals surface area contributed by atoms with Gasteiger partial charge in [-0.2, -0.15) is 21.4 Å². The normalized spacial score (nSPS) is 11.8. The first kappa shape index (κ1) is 9.31. The molecule has 2 heterocycles. The Bertz CT molecular complexity index is 528. The number of rotatable bonds is 2. The highest BCUT2D eigenvalue weighted by atomic mass is 32.2. The Morgan fingerprint density at radius 2 is 2.29 bits per heavy atom. The van der Waals surface area contributed by atoms with Crippen molar-refractivity contribution in [2.75, 3.05) is 0 Å². The van der Waals surface area contributed by atoms with Crippen LogP contribution in [0.5, 0.6) is 0 Å². The minimum Gasteiger partial charge on any atom is -0.248 e. The molecule has 0 bridgehead atoms. The first-order chi connectivity index (χ1) is 6.57. The van der Waals surface area contributed by atoms with Gasteiger partial charge in [0.25, 0.3) is 15.2 Å². The molecular formula is C6H6N4O2S2. The maximum atomic E-state index is 10.9. The van der Waals surface area contributed by atoms with E-state index in [2.05, 4.69) is 15.2 Å². The van der Waals surface area contributed by atoms with Crippen LogP contribution in [-0.2, 0) is 10.0 Å². The molecule has 8 heteroatoms. The van der Waals surface area contributed by atoms with E-state index in [4.69, 9.17) is 5.14 Å². The Labute approximate surface area is 83.8 Å². The zero-order chi connectivity index (χ0) is 10.2. The van der Waals surface area contributed by atoms with E-state index in [1.807, 2.05) is 10.8 Å². The number of aromatic amines is 1. The lowest BCUT2D eigenvalue weighted by molar-refractivity contribution is 0.589. The minimum atomic E-state index is -3.80. The summed E-state index contributed by atoms with van der Waals surface area (Å²) in [6, 6.07) is 1.79. The molecule has 0 atom stereocenters. The first-order valence-electron chi connectivity index (χ1n) is 3.55. The fourth-order valence-electron chi connectivity index (χ4n) is 0.895. The molecule has 0 fully saturated rings. The van der Waals surface area contributed by atoms with Crippen LogP contribution in [-0.4, -0.2) is 23.6 Å². The lowest BCUT2D eigenvalue weighted by Gasteiger charge is -1.86. The van der Waals surface area contributed by atoms with E-state index in [1.54, 1.807) is 6.07 Å². The molecule has 3 N–H and O–H groups in total. The van der Waals surface area contributed by atoms with Gasteiger partial charge in [-0.3, -0.25) is 0 Å². The number of nitrogens with zero attached hydrogens (tertiary/aromatic N) is 2. The summed E-state index contributed by atoms with van der Waals surface area (Å²) in [6.45, 7) is 0. The van der Waals surface area contributed by atoms with Crippen molar-refractivity contribution in [2.45, 2.75) is 5.16 Å². The molecule has 0 radical (unpaired) electrons. The zero-order valence-corrected chi connectivity index (χ0v) is 8.47.